The minimum Gasteiger partial charge on any atom is -0.342 e. The normalized spacial score (nSPS) is 25.3. The molecule has 2 fully saturated rings. The molecule has 2 saturated heterocycles. The van der Waals surface area contributed by atoms with E-state index < -0.39 is 0 Å². The molecule has 0 aromatic heterocycles. The maximum atomic E-state index is 12.8. The second-order valence-corrected chi connectivity index (χ2v) is 7.08. The molecule has 0 aliphatic carbocycles. The van der Waals surface area contributed by atoms with Gasteiger partial charge in [0.1, 0.15) is 0 Å². The zero-order chi connectivity index (χ0) is 15.8. The van der Waals surface area contributed by atoms with Gasteiger partial charge in [-0.2, -0.15) is 0 Å². The maximum absolute atomic E-state index is 12.8. The SMILES string of the molecule is CN(C(=O)Cc1cccc2ccccc12)C1CC2CCC(C1)N2.Cl. The number of fused-ring (bicyclic) bond motifs is 3. The van der Waals surface area contributed by atoms with E-state index in [2.05, 4.69) is 35.6 Å². The Labute approximate surface area is 149 Å². The van der Waals surface area contributed by atoms with E-state index in [4.69, 9.17) is 0 Å². The molecule has 4 rings (SSSR count). The number of carbonyl (C=O) groups is 1. The van der Waals surface area contributed by atoms with E-state index in [-0.39, 0.29) is 18.3 Å². The van der Waals surface area contributed by atoms with Crippen molar-refractivity contribution >= 4 is 29.1 Å². The Bertz CT molecular complexity index is 715. The molecule has 2 atom stereocenters. The van der Waals surface area contributed by atoms with Gasteiger partial charge in [-0.15, -0.1) is 12.4 Å². The molecule has 2 unspecified atom stereocenters. The summed E-state index contributed by atoms with van der Waals surface area (Å²) in [7, 11) is 1.99. The van der Waals surface area contributed by atoms with Crippen LogP contribution in [0.5, 0.6) is 0 Å². The van der Waals surface area contributed by atoms with Crippen molar-refractivity contribution in [2.24, 2.45) is 0 Å². The molecule has 24 heavy (non-hydrogen) atoms. The molecule has 2 aliphatic heterocycles. The van der Waals surface area contributed by atoms with Crippen LogP contribution in [-0.4, -0.2) is 36.0 Å². The minimum absolute atomic E-state index is 0. The topological polar surface area (TPSA) is 32.3 Å². The van der Waals surface area contributed by atoms with Gasteiger partial charge < -0.3 is 10.2 Å². The Morgan fingerprint density at radius 2 is 1.75 bits per heavy atom. The number of amides is 1. The maximum Gasteiger partial charge on any atom is 0.227 e. The molecule has 2 aliphatic rings. The molecule has 4 heteroatoms. The van der Waals surface area contributed by atoms with Crippen molar-refractivity contribution < 1.29 is 4.79 Å². The minimum atomic E-state index is 0. The number of hydrogen-bond acceptors (Lipinski definition) is 2. The summed E-state index contributed by atoms with van der Waals surface area (Å²) < 4.78 is 0. The van der Waals surface area contributed by atoms with Crippen molar-refractivity contribution in [2.75, 3.05) is 7.05 Å². The lowest BCUT2D eigenvalue weighted by atomic mass is 9.97. The van der Waals surface area contributed by atoms with Gasteiger partial charge in [-0.3, -0.25) is 4.79 Å². The number of piperidine rings is 1. The molecule has 2 bridgehead atoms. The van der Waals surface area contributed by atoms with E-state index in [1.807, 2.05) is 24.1 Å². The van der Waals surface area contributed by atoms with Gasteiger partial charge >= 0.3 is 0 Å². The van der Waals surface area contributed by atoms with Crippen LogP contribution in [0.4, 0.5) is 0 Å². The second kappa shape index (κ2) is 7.12. The Kier molecular flexibility index (Phi) is 5.12. The van der Waals surface area contributed by atoms with Crippen LogP contribution in [0.3, 0.4) is 0 Å². The zero-order valence-corrected chi connectivity index (χ0v) is 14.9. The molecule has 0 saturated carbocycles. The van der Waals surface area contributed by atoms with Gasteiger partial charge in [0.15, 0.2) is 0 Å². The quantitative estimate of drug-likeness (QED) is 0.923. The predicted molar refractivity (Wildman–Crippen MR) is 101 cm³/mol. The number of benzene rings is 2. The summed E-state index contributed by atoms with van der Waals surface area (Å²) in [4.78, 5) is 14.8. The first-order chi connectivity index (χ1) is 11.2. The number of nitrogens with one attached hydrogen (secondary N) is 1. The van der Waals surface area contributed by atoms with Gasteiger partial charge in [0.25, 0.3) is 0 Å². The van der Waals surface area contributed by atoms with Crippen LogP contribution in [-0.2, 0) is 11.2 Å². The first-order valence-electron chi connectivity index (χ1n) is 8.69. The van der Waals surface area contributed by atoms with Gasteiger partial charge in [-0.05, 0) is 42.0 Å². The molecular formula is C20H25ClN2O. The van der Waals surface area contributed by atoms with Crippen molar-refractivity contribution in [1.82, 2.24) is 10.2 Å². The number of hydrogen-bond donors (Lipinski definition) is 1. The lowest BCUT2D eigenvalue weighted by Gasteiger charge is -2.35. The Balaban J connectivity index is 0.00000169. The van der Waals surface area contributed by atoms with Crippen LogP contribution >= 0.6 is 12.4 Å². The van der Waals surface area contributed by atoms with Crippen LogP contribution in [0, 0.1) is 0 Å². The van der Waals surface area contributed by atoms with E-state index in [0.717, 1.165) is 18.4 Å². The van der Waals surface area contributed by atoms with Crippen LogP contribution < -0.4 is 5.32 Å². The Hall–Kier alpha value is -1.58. The average molecular weight is 345 g/mol. The fraction of sp³-hybridized carbons (Fsp3) is 0.450. The summed E-state index contributed by atoms with van der Waals surface area (Å²) in [6.07, 6.45) is 5.25. The third-order valence-corrected chi connectivity index (χ3v) is 5.61. The number of carbonyl (C=O) groups excluding carboxylic acids is 1. The highest BCUT2D eigenvalue weighted by Gasteiger charge is 2.36. The molecule has 1 N–H and O–H groups in total. The third kappa shape index (κ3) is 3.28. The number of rotatable bonds is 3. The Morgan fingerprint density at radius 3 is 2.50 bits per heavy atom. The first kappa shape index (κ1) is 17.2. The fourth-order valence-electron chi connectivity index (χ4n) is 4.28. The van der Waals surface area contributed by atoms with Gasteiger partial charge in [-0.25, -0.2) is 0 Å². The molecule has 128 valence electrons. The van der Waals surface area contributed by atoms with E-state index >= 15 is 0 Å². The summed E-state index contributed by atoms with van der Waals surface area (Å²) in [6.45, 7) is 0. The highest BCUT2D eigenvalue weighted by Crippen LogP contribution is 2.29. The van der Waals surface area contributed by atoms with Crippen LogP contribution in [0.25, 0.3) is 10.8 Å². The molecule has 3 nitrogen and oxygen atoms in total. The summed E-state index contributed by atoms with van der Waals surface area (Å²) >= 11 is 0. The predicted octanol–water partition coefficient (Wildman–Crippen LogP) is 3.55. The van der Waals surface area contributed by atoms with Gasteiger partial charge in [-0.1, -0.05) is 42.5 Å². The summed E-state index contributed by atoms with van der Waals surface area (Å²) in [5.41, 5.74) is 1.14. The van der Waals surface area contributed by atoms with Crippen LogP contribution in [0.15, 0.2) is 42.5 Å². The molecule has 2 aromatic carbocycles. The fourth-order valence-corrected chi connectivity index (χ4v) is 4.28. The summed E-state index contributed by atoms with van der Waals surface area (Å²) in [5, 5.41) is 6.06. The van der Waals surface area contributed by atoms with Crippen molar-refractivity contribution in [1.29, 1.82) is 0 Å². The average Bonchev–Trinajstić information content (AvgIpc) is 2.92. The van der Waals surface area contributed by atoms with E-state index in [1.165, 1.54) is 23.6 Å². The highest BCUT2D eigenvalue weighted by atomic mass is 35.5. The summed E-state index contributed by atoms with van der Waals surface area (Å²) in [5.74, 6) is 0.243. The van der Waals surface area contributed by atoms with E-state index in [9.17, 15) is 4.79 Å². The monoisotopic (exact) mass is 344 g/mol. The molecule has 2 aromatic rings. The van der Waals surface area contributed by atoms with Gasteiger partial charge in [0.05, 0.1) is 6.42 Å². The number of halogens is 1. The molecule has 0 radical (unpaired) electrons. The number of nitrogens with zero attached hydrogens (tertiary/aromatic N) is 1. The van der Waals surface area contributed by atoms with Crippen molar-refractivity contribution in [2.45, 2.75) is 50.2 Å². The number of likely N-dealkylation sites (N-methyl/N-ethyl adjacent to an activating group) is 1. The third-order valence-electron chi connectivity index (χ3n) is 5.61. The largest absolute Gasteiger partial charge is 0.342 e. The summed E-state index contributed by atoms with van der Waals surface area (Å²) in [6, 6.07) is 16.2. The van der Waals surface area contributed by atoms with Crippen molar-refractivity contribution in [3.8, 4) is 0 Å². The smallest absolute Gasteiger partial charge is 0.227 e. The standard InChI is InChI=1S/C20H24N2O.ClH/c1-22(18-12-16-9-10-17(13-18)21-16)20(23)11-15-7-4-6-14-5-2-3-8-19(14)15;/h2-8,16-18,21H,9-13H2,1H3;1H. The van der Waals surface area contributed by atoms with Crippen molar-refractivity contribution in [3.05, 3.63) is 48.0 Å². The molecule has 0 spiro atoms. The lowest BCUT2D eigenvalue weighted by molar-refractivity contribution is -0.131. The molecular weight excluding hydrogens is 320 g/mol. The van der Waals surface area contributed by atoms with Crippen LogP contribution in [0.1, 0.15) is 31.2 Å². The van der Waals surface area contributed by atoms with Gasteiger partial charge in [0, 0.05) is 25.2 Å². The molecule has 1 amide bonds. The van der Waals surface area contributed by atoms with Crippen LogP contribution in [0.2, 0.25) is 0 Å². The highest BCUT2D eigenvalue weighted by molar-refractivity contribution is 5.90. The lowest BCUT2D eigenvalue weighted by Crippen LogP contribution is -2.49. The molecule has 2 heterocycles. The van der Waals surface area contributed by atoms with E-state index in [0.29, 0.717) is 24.5 Å². The second-order valence-electron chi connectivity index (χ2n) is 7.08. The first-order valence-corrected chi connectivity index (χ1v) is 8.69. The van der Waals surface area contributed by atoms with E-state index in [1.54, 1.807) is 0 Å². The Morgan fingerprint density at radius 1 is 1.08 bits per heavy atom. The zero-order valence-electron chi connectivity index (χ0n) is 14.1. The van der Waals surface area contributed by atoms with Crippen molar-refractivity contribution in [3.63, 3.8) is 0 Å². The van der Waals surface area contributed by atoms with Gasteiger partial charge in [0.2, 0.25) is 5.91 Å².